The molecule has 0 unspecified atom stereocenters. The number of ether oxygens (including phenoxy) is 1. The van der Waals surface area contributed by atoms with Crippen molar-refractivity contribution >= 4 is 23.5 Å². The Morgan fingerprint density at radius 1 is 1.43 bits per heavy atom. The zero-order chi connectivity index (χ0) is 14.9. The fraction of sp³-hybridized carbons (Fsp3) is 0.214. The molecule has 0 aliphatic heterocycles. The van der Waals surface area contributed by atoms with Crippen LogP contribution in [0.25, 0.3) is 5.69 Å². The van der Waals surface area contributed by atoms with Gasteiger partial charge in [0.05, 0.1) is 19.1 Å². The van der Waals surface area contributed by atoms with Crippen LogP contribution in [-0.4, -0.2) is 41.1 Å². The van der Waals surface area contributed by atoms with Crippen LogP contribution < -0.4 is 10.7 Å². The van der Waals surface area contributed by atoms with E-state index in [1.807, 2.05) is 35.0 Å². The van der Waals surface area contributed by atoms with Gasteiger partial charge in [0.25, 0.3) is 0 Å². The van der Waals surface area contributed by atoms with Crippen LogP contribution in [0.3, 0.4) is 0 Å². The van der Waals surface area contributed by atoms with Gasteiger partial charge in [0.2, 0.25) is 0 Å². The number of hydrazone groups is 1. The number of methoxy groups -OCH3 is 1. The zero-order valence-electron chi connectivity index (χ0n) is 11.7. The van der Waals surface area contributed by atoms with Crippen LogP contribution in [0.15, 0.2) is 48.1 Å². The van der Waals surface area contributed by atoms with Crippen molar-refractivity contribution < 1.29 is 4.74 Å². The van der Waals surface area contributed by atoms with Crippen LogP contribution in [0.5, 0.6) is 0 Å². The van der Waals surface area contributed by atoms with Crippen molar-refractivity contribution in [2.45, 2.75) is 0 Å². The van der Waals surface area contributed by atoms with Crippen molar-refractivity contribution in [1.82, 2.24) is 20.3 Å². The van der Waals surface area contributed by atoms with Crippen molar-refractivity contribution in [2.24, 2.45) is 5.10 Å². The third-order valence-corrected chi connectivity index (χ3v) is 2.90. The summed E-state index contributed by atoms with van der Waals surface area (Å²) in [5.74, 6) is 0. The molecule has 21 heavy (non-hydrogen) atoms. The summed E-state index contributed by atoms with van der Waals surface area (Å²) >= 11 is 5.06. The highest BCUT2D eigenvalue weighted by Gasteiger charge is 1.95. The van der Waals surface area contributed by atoms with E-state index in [2.05, 4.69) is 20.8 Å². The Labute approximate surface area is 128 Å². The molecule has 0 spiro atoms. The molecule has 110 valence electrons. The van der Waals surface area contributed by atoms with Crippen molar-refractivity contribution in [3.63, 3.8) is 0 Å². The Balaban J connectivity index is 1.83. The number of thiocarbonyl (C=S) groups is 1. The fourth-order valence-corrected chi connectivity index (χ4v) is 1.77. The van der Waals surface area contributed by atoms with Crippen molar-refractivity contribution in [1.29, 1.82) is 0 Å². The SMILES string of the molecule is COCCNC(=S)N/N=C/c1ccc(-n2ccnc2)cc1. The molecule has 2 rings (SSSR count). The largest absolute Gasteiger partial charge is 0.383 e. The Morgan fingerprint density at radius 2 is 2.24 bits per heavy atom. The minimum absolute atomic E-state index is 0.471. The van der Waals surface area contributed by atoms with Gasteiger partial charge in [-0.15, -0.1) is 0 Å². The molecule has 1 aromatic heterocycles. The molecule has 0 radical (unpaired) electrons. The molecule has 7 heteroatoms. The van der Waals surface area contributed by atoms with Gasteiger partial charge in [0.1, 0.15) is 0 Å². The lowest BCUT2D eigenvalue weighted by atomic mass is 10.2. The summed E-state index contributed by atoms with van der Waals surface area (Å²) in [4.78, 5) is 4.02. The first kappa shape index (κ1) is 15.1. The molecule has 1 aromatic carbocycles. The van der Waals surface area contributed by atoms with Gasteiger partial charge in [0.15, 0.2) is 5.11 Å². The molecule has 2 N–H and O–H groups in total. The molecule has 0 saturated heterocycles. The van der Waals surface area contributed by atoms with Crippen molar-refractivity contribution in [2.75, 3.05) is 20.3 Å². The van der Waals surface area contributed by atoms with Gasteiger partial charge in [-0.25, -0.2) is 4.98 Å². The summed E-state index contributed by atoms with van der Waals surface area (Å²) in [6.07, 6.45) is 7.11. The molecule has 6 nitrogen and oxygen atoms in total. The first-order valence-electron chi connectivity index (χ1n) is 6.44. The number of aromatic nitrogens is 2. The number of hydrogen-bond acceptors (Lipinski definition) is 4. The second-order valence-electron chi connectivity index (χ2n) is 4.18. The quantitative estimate of drug-likeness (QED) is 0.365. The summed E-state index contributed by atoms with van der Waals surface area (Å²) in [6, 6.07) is 7.94. The molecule has 0 saturated carbocycles. The molecule has 2 aromatic rings. The maximum absolute atomic E-state index is 5.06. The topological polar surface area (TPSA) is 63.5 Å². The highest BCUT2D eigenvalue weighted by Crippen LogP contribution is 2.07. The standard InChI is InChI=1S/C14H17N5OS/c1-20-9-7-16-14(21)18-17-10-12-2-4-13(5-3-12)19-8-6-15-11-19/h2-6,8,10-11H,7,9H2,1H3,(H2,16,18,21)/b17-10+. The van der Waals surface area contributed by atoms with Crippen molar-refractivity contribution in [3.8, 4) is 5.69 Å². The third kappa shape index (κ3) is 4.97. The summed E-state index contributed by atoms with van der Waals surface area (Å²) in [6.45, 7) is 1.25. The number of hydrogen-bond donors (Lipinski definition) is 2. The number of nitrogens with one attached hydrogen (secondary N) is 2. The molecule has 0 atom stereocenters. The van der Waals surface area contributed by atoms with Crippen LogP contribution in [0.4, 0.5) is 0 Å². The van der Waals surface area contributed by atoms with E-state index in [-0.39, 0.29) is 0 Å². The molecular formula is C14H17N5OS. The lowest BCUT2D eigenvalue weighted by Gasteiger charge is -2.05. The molecule has 0 aliphatic carbocycles. The highest BCUT2D eigenvalue weighted by molar-refractivity contribution is 7.80. The van der Waals surface area contributed by atoms with Crippen molar-refractivity contribution in [3.05, 3.63) is 48.5 Å². The smallest absolute Gasteiger partial charge is 0.187 e. The normalized spacial score (nSPS) is 10.7. The lowest BCUT2D eigenvalue weighted by Crippen LogP contribution is -2.34. The first-order valence-corrected chi connectivity index (χ1v) is 6.84. The second kappa shape index (κ2) is 8.13. The van der Waals surface area contributed by atoms with Crippen LogP contribution in [-0.2, 0) is 4.74 Å². The van der Waals surface area contributed by atoms with Gasteiger partial charge >= 0.3 is 0 Å². The van der Waals surface area contributed by atoms with E-state index in [1.54, 1.807) is 25.8 Å². The molecule has 0 bridgehead atoms. The van der Waals surface area contributed by atoms with E-state index in [9.17, 15) is 0 Å². The van der Waals surface area contributed by atoms with E-state index in [1.165, 1.54) is 0 Å². The number of imidazole rings is 1. The van der Waals surface area contributed by atoms with Gasteiger partial charge in [-0.1, -0.05) is 12.1 Å². The Morgan fingerprint density at radius 3 is 2.90 bits per heavy atom. The maximum Gasteiger partial charge on any atom is 0.187 e. The summed E-state index contributed by atoms with van der Waals surface area (Å²) < 4.78 is 6.85. The van der Waals surface area contributed by atoms with E-state index < -0.39 is 0 Å². The van der Waals surface area contributed by atoms with Crippen LogP contribution >= 0.6 is 12.2 Å². The first-order chi connectivity index (χ1) is 10.3. The minimum Gasteiger partial charge on any atom is -0.383 e. The second-order valence-corrected chi connectivity index (χ2v) is 4.59. The predicted molar refractivity (Wildman–Crippen MR) is 86.8 cm³/mol. The summed E-state index contributed by atoms with van der Waals surface area (Å²) in [5, 5.41) is 7.51. The van der Waals surface area contributed by atoms with Gasteiger partial charge in [-0.2, -0.15) is 5.10 Å². The number of rotatable bonds is 6. The van der Waals surface area contributed by atoms with E-state index >= 15 is 0 Å². The van der Waals surface area contributed by atoms with Gasteiger partial charge in [-0.05, 0) is 29.9 Å². The Kier molecular flexibility index (Phi) is 5.86. The predicted octanol–water partition coefficient (Wildman–Crippen LogP) is 1.32. The Bertz CT molecular complexity index is 580. The zero-order valence-corrected chi connectivity index (χ0v) is 12.5. The van der Waals surface area contributed by atoms with E-state index in [4.69, 9.17) is 17.0 Å². The summed E-state index contributed by atoms with van der Waals surface area (Å²) in [7, 11) is 1.64. The monoisotopic (exact) mass is 303 g/mol. The molecule has 0 amide bonds. The lowest BCUT2D eigenvalue weighted by molar-refractivity contribution is 0.204. The molecule has 1 heterocycles. The molecular weight excluding hydrogens is 286 g/mol. The molecule has 0 aliphatic rings. The number of nitrogens with zero attached hydrogens (tertiary/aromatic N) is 3. The third-order valence-electron chi connectivity index (χ3n) is 2.67. The van der Waals surface area contributed by atoms with E-state index in [0.29, 0.717) is 18.3 Å². The van der Waals surface area contributed by atoms with Gasteiger partial charge < -0.3 is 14.6 Å². The van der Waals surface area contributed by atoms with Gasteiger partial charge in [0, 0.05) is 31.7 Å². The van der Waals surface area contributed by atoms with Gasteiger partial charge in [-0.3, -0.25) is 5.43 Å². The van der Waals surface area contributed by atoms with Crippen LogP contribution in [0.2, 0.25) is 0 Å². The molecule has 0 fully saturated rings. The maximum atomic E-state index is 5.06. The average molecular weight is 303 g/mol. The minimum atomic E-state index is 0.471. The summed E-state index contributed by atoms with van der Waals surface area (Å²) in [5.41, 5.74) is 4.78. The van der Waals surface area contributed by atoms with Crippen LogP contribution in [0.1, 0.15) is 5.56 Å². The van der Waals surface area contributed by atoms with E-state index in [0.717, 1.165) is 11.3 Å². The fourth-order valence-electron chi connectivity index (χ4n) is 1.62. The van der Waals surface area contributed by atoms with Crippen LogP contribution in [0, 0.1) is 0 Å². The Hall–Kier alpha value is -2.25. The highest BCUT2D eigenvalue weighted by atomic mass is 32.1. The average Bonchev–Trinajstić information content (AvgIpc) is 3.02. The number of benzene rings is 1.